The first-order valence-electron chi connectivity index (χ1n) is 8.38. The summed E-state index contributed by atoms with van der Waals surface area (Å²) in [6, 6.07) is 0. The predicted molar refractivity (Wildman–Crippen MR) is 90.6 cm³/mol. The van der Waals surface area contributed by atoms with Crippen LogP contribution in [0.2, 0.25) is 0 Å². The van der Waals surface area contributed by atoms with Gasteiger partial charge in [-0.3, -0.25) is 4.79 Å². The number of nitrogens with one attached hydrogen (secondary N) is 2. The molecule has 2 aliphatic rings. The molecule has 2 N–H and O–H groups in total. The first-order chi connectivity index (χ1) is 12.1. The molecule has 4 rings (SSSR count). The molecule has 0 aromatic carbocycles. The summed E-state index contributed by atoms with van der Waals surface area (Å²) in [6.45, 7) is 3.96. The van der Waals surface area contributed by atoms with Crippen molar-refractivity contribution in [3.8, 4) is 0 Å². The number of amides is 1. The van der Waals surface area contributed by atoms with Gasteiger partial charge in [-0.1, -0.05) is 6.92 Å². The quantitative estimate of drug-likeness (QED) is 0.824. The first kappa shape index (κ1) is 15.9. The molecule has 2 aromatic rings. The van der Waals surface area contributed by atoms with Crippen LogP contribution in [0.1, 0.15) is 41.9 Å². The molecule has 0 bridgehead atoms. The molecule has 8 heteroatoms. The lowest BCUT2D eigenvalue weighted by atomic mass is 9.89. The molecule has 8 nitrogen and oxygen atoms in total. The summed E-state index contributed by atoms with van der Waals surface area (Å²) in [5.74, 6) is 0.597. The zero-order chi connectivity index (χ0) is 17.3. The third-order valence-electron chi connectivity index (χ3n) is 4.40. The van der Waals surface area contributed by atoms with Crippen LogP contribution in [0.3, 0.4) is 0 Å². The SMILES string of the molecule is CC1(CNC(=O)c2nc(C3CC3)cnc2Nc2cncnc2)COC1. The fraction of sp³-hybridized carbons (Fsp3) is 0.471. The van der Waals surface area contributed by atoms with Crippen LogP contribution in [-0.2, 0) is 4.74 Å². The van der Waals surface area contributed by atoms with Gasteiger partial charge in [0.2, 0.25) is 0 Å². The largest absolute Gasteiger partial charge is 0.380 e. The van der Waals surface area contributed by atoms with Crippen molar-refractivity contribution in [3.05, 3.63) is 36.3 Å². The molecule has 25 heavy (non-hydrogen) atoms. The van der Waals surface area contributed by atoms with Crippen LogP contribution in [0.5, 0.6) is 0 Å². The fourth-order valence-electron chi connectivity index (χ4n) is 2.66. The molecule has 1 saturated heterocycles. The second-order valence-electron chi connectivity index (χ2n) is 7.00. The number of hydrogen-bond acceptors (Lipinski definition) is 7. The highest BCUT2D eigenvalue weighted by molar-refractivity contribution is 5.97. The highest BCUT2D eigenvalue weighted by Gasteiger charge is 2.34. The monoisotopic (exact) mass is 340 g/mol. The Kier molecular flexibility index (Phi) is 4.04. The van der Waals surface area contributed by atoms with Gasteiger partial charge in [-0.15, -0.1) is 0 Å². The summed E-state index contributed by atoms with van der Waals surface area (Å²) in [4.78, 5) is 29.6. The molecule has 0 spiro atoms. The third kappa shape index (κ3) is 3.58. The van der Waals surface area contributed by atoms with Gasteiger partial charge in [0.25, 0.3) is 5.91 Å². The summed E-state index contributed by atoms with van der Waals surface area (Å²) in [5.41, 5.74) is 1.83. The average molecular weight is 340 g/mol. The van der Waals surface area contributed by atoms with E-state index in [1.165, 1.54) is 6.33 Å². The van der Waals surface area contributed by atoms with Crippen LogP contribution in [0.4, 0.5) is 11.5 Å². The Bertz CT molecular complexity index is 774. The van der Waals surface area contributed by atoms with Gasteiger partial charge in [0, 0.05) is 17.9 Å². The predicted octanol–water partition coefficient (Wildman–Crippen LogP) is 1.65. The van der Waals surface area contributed by atoms with E-state index in [4.69, 9.17) is 4.74 Å². The molecule has 0 radical (unpaired) electrons. The minimum atomic E-state index is -0.234. The maximum Gasteiger partial charge on any atom is 0.273 e. The lowest BCUT2D eigenvalue weighted by molar-refractivity contribution is -0.0978. The summed E-state index contributed by atoms with van der Waals surface area (Å²) in [7, 11) is 0. The van der Waals surface area contributed by atoms with E-state index >= 15 is 0 Å². The molecule has 2 aromatic heterocycles. The normalized spacial score (nSPS) is 18.3. The van der Waals surface area contributed by atoms with Crippen LogP contribution < -0.4 is 10.6 Å². The molecule has 0 unspecified atom stereocenters. The van der Waals surface area contributed by atoms with Gasteiger partial charge in [0.05, 0.1) is 43.2 Å². The zero-order valence-corrected chi connectivity index (χ0v) is 14.0. The lowest BCUT2D eigenvalue weighted by Crippen LogP contribution is -2.48. The van der Waals surface area contributed by atoms with Crippen LogP contribution in [0.25, 0.3) is 0 Å². The topological polar surface area (TPSA) is 102 Å². The van der Waals surface area contributed by atoms with Crippen molar-refractivity contribution in [2.45, 2.75) is 25.7 Å². The van der Waals surface area contributed by atoms with Gasteiger partial charge in [0.15, 0.2) is 11.5 Å². The van der Waals surface area contributed by atoms with Crippen molar-refractivity contribution in [2.75, 3.05) is 25.1 Å². The summed E-state index contributed by atoms with van der Waals surface area (Å²) < 4.78 is 5.23. The Balaban J connectivity index is 1.56. The highest BCUT2D eigenvalue weighted by Crippen LogP contribution is 2.39. The number of carbonyl (C=O) groups excluding carboxylic acids is 1. The van der Waals surface area contributed by atoms with E-state index in [1.807, 2.05) is 0 Å². The molecule has 1 saturated carbocycles. The number of rotatable bonds is 6. The standard InChI is InChI=1S/C17H20N6O2/c1-17(8-25-9-17)7-21-16(24)14-15(22-12-4-18-10-19-5-12)20-6-13(23-14)11-2-3-11/h4-6,10-11H,2-3,7-9H2,1H3,(H,20,22)(H,21,24). The van der Waals surface area contributed by atoms with Gasteiger partial charge < -0.3 is 15.4 Å². The van der Waals surface area contributed by atoms with Crippen LogP contribution in [-0.4, -0.2) is 45.6 Å². The van der Waals surface area contributed by atoms with Crippen molar-refractivity contribution >= 4 is 17.4 Å². The summed E-state index contributed by atoms with van der Waals surface area (Å²) >= 11 is 0. The minimum absolute atomic E-state index is 0.00193. The molecule has 3 heterocycles. The molecular weight excluding hydrogens is 320 g/mol. The van der Waals surface area contributed by atoms with E-state index in [1.54, 1.807) is 18.6 Å². The zero-order valence-electron chi connectivity index (χ0n) is 14.0. The number of hydrogen-bond donors (Lipinski definition) is 2. The molecule has 0 atom stereocenters. The third-order valence-corrected chi connectivity index (χ3v) is 4.40. The molecule has 1 aliphatic heterocycles. The van der Waals surface area contributed by atoms with E-state index in [2.05, 4.69) is 37.5 Å². The van der Waals surface area contributed by atoms with E-state index in [0.717, 1.165) is 18.5 Å². The van der Waals surface area contributed by atoms with Crippen LogP contribution in [0.15, 0.2) is 24.9 Å². The smallest absolute Gasteiger partial charge is 0.273 e. The van der Waals surface area contributed by atoms with Crippen molar-refractivity contribution in [1.82, 2.24) is 25.3 Å². The van der Waals surface area contributed by atoms with Gasteiger partial charge in [-0.05, 0) is 12.8 Å². The van der Waals surface area contributed by atoms with Crippen molar-refractivity contribution in [3.63, 3.8) is 0 Å². The average Bonchev–Trinajstić information content (AvgIpc) is 3.44. The number of anilines is 2. The summed E-state index contributed by atoms with van der Waals surface area (Å²) in [6.07, 6.45) is 8.63. The van der Waals surface area contributed by atoms with E-state index < -0.39 is 0 Å². The van der Waals surface area contributed by atoms with Crippen molar-refractivity contribution < 1.29 is 9.53 Å². The number of carbonyl (C=O) groups is 1. The molecule has 2 fully saturated rings. The number of aromatic nitrogens is 4. The van der Waals surface area contributed by atoms with E-state index in [9.17, 15) is 4.79 Å². The van der Waals surface area contributed by atoms with E-state index in [0.29, 0.717) is 42.9 Å². The van der Waals surface area contributed by atoms with Crippen molar-refractivity contribution in [1.29, 1.82) is 0 Å². The first-order valence-corrected chi connectivity index (χ1v) is 8.38. The Morgan fingerprint density at radius 2 is 2.04 bits per heavy atom. The van der Waals surface area contributed by atoms with Gasteiger partial charge in [-0.25, -0.2) is 19.9 Å². The second kappa shape index (κ2) is 6.36. The van der Waals surface area contributed by atoms with Gasteiger partial charge in [0.1, 0.15) is 6.33 Å². The number of nitrogens with zero attached hydrogens (tertiary/aromatic N) is 4. The minimum Gasteiger partial charge on any atom is -0.380 e. The Morgan fingerprint density at radius 1 is 1.28 bits per heavy atom. The van der Waals surface area contributed by atoms with Gasteiger partial charge >= 0.3 is 0 Å². The van der Waals surface area contributed by atoms with Crippen LogP contribution >= 0.6 is 0 Å². The van der Waals surface area contributed by atoms with E-state index in [-0.39, 0.29) is 11.3 Å². The fourth-order valence-corrected chi connectivity index (χ4v) is 2.66. The Labute approximate surface area is 145 Å². The van der Waals surface area contributed by atoms with Crippen LogP contribution in [0, 0.1) is 5.41 Å². The molecule has 1 aliphatic carbocycles. The molecule has 1 amide bonds. The Hall–Kier alpha value is -2.61. The maximum atomic E-state index is 12.7. The van der Waals surface area contributed by atoms with Crippen molar-refractivity contribution in [2.24, 2.45) is 5.41 Å². The number of ether oxygens (including phenoxy) is 1. The van der Waals surface area contributed by atoms with Gasteiger partial charge in [-0.2, -0.15) is 0 Å². The lowest BCUT2D eigenvalue weighted by Gasteiger charge is -2.37. The maximum absolute atomic E-state index is 12.7. The summed E-state index contributed by atoms with van der Waals surface area (Å²) in [5, 5.41) is 6.04. The second-order valence-corrected chi connectivity index (χ2v) is 7.00. The Morgan fingerprint density at radius 3 is 2.68 bits per heavy atom. The molecule has 130 valence electrons. The molecular formula is C17H20N6O2. The highest BCUT2D eigenvalue weighted by atomic mass is 16.5.